The average Bonchev–Trinajstić information content (AvgIpc) is 2.39. The molecule has 0 saturated carbocycles. The van der Waals surface area contributed by atoms with Crippen molar-refractivity contribution in [2.24, 2.45) is 0 Å². The number of nitro groups is 1. The Morgan fingerprint density at radius 2 is 1.91 bits per heavy atom. The fourth-order valence-electron chi connectivity index (χ4n) is 1.68. The number of aryl methyl sites for hydroxylation is 1. The summed E-state index contributed by atoms with van der Waals surface area (Å²) in [7, 11) is 0. The van der Waals surface area contributed by atoms with Crippen molar-refractivity contribution in [3.05, 3.63) is 33.9 Å². The number of thioether (sulfide) groups is 1. The molecule has 2 amide bonds. The van der Waals surface area contributed by atoms with Crippen molar-refractivity contribution >= 4 is 35.0 Å². The number of hydrogen-bond acceptors (Lipinski definition) is 5. The number of benzene rings is 1. The standard InChI is InChI=1S/C14H19N3O4S/c1-9(2)15-13(18)7-22-8-14(19)16-11-5-4-10(3)6-12(11)17(20)21/h4-6,9H,7-8H2,1-3H3,(H,15,18)(H,16,19). The van der Waals surface area contributed by atoms with Crippen molar-refractivity contribution in [2.75, 3.05) is 16.8 Å². The maximum Gasteiger partial charge on any atom is 0.293 e. The van der Waals surface area contributed by atoms with Gasteiger partial charge in [-0.15, -0.1) is 11.8 Å². The molecule has 0 aliphatic carbocycles. The van der Waals surface area contributed by atoms with Gasteiger partial charge in [-0.3, -0.25) is 19.7 Å². The van der Waals surface area contributed by atoms with Crippen LogP contribution in [0, 0.1) is 17.0 Å². The minimum absolute atomic E-state index is 0.0521. The number of nitro benzene ring substituents is 1. The molecule has 0 aliphatic rings. The molecule has 0 spiro atoms. The summed E-state index contributed by atoms with van der Waals surface area (Å²) in [6, 6.07) is 4.64. The Morgan fingerprint density at radius 3 is 2.50 bits per heavy atom. The Morgan fingerprint density at radius 1 is 1.27 bits per heavy atom. The first-order valence-electron chi connectivity index (χ1n) is 6.71. The molecule has 0 heterocycles. The van der Waals surface area contributed by atoms with Crippen molar-refractivity contribution in [3.63, 3.8) is 0 Å². The predicted molar refractivity (Wildman–Crippen MR) is 87.1 cm³/mol. The largest absolute Gasteiger partial charge is 0.353 e. The fourth-order valence-corrected chi connectivity index (χ4v) is 2.31. The number of amides is 2. The van der Waals surface area contributed by atoms with Crippen molar-refractivity contribution < 1.29 is 14.5 Å². The minimum atomic E-state index is -0.536. The average molecular weight is 325 g/mol. The van der Waals surface area contributed by atoms with Crippen LogP contribution >= 0.6 is 11.8 Å². The number of hydrogen-bond donors (Lipinski definition) is 2. The maximum absolute atomic E-state index is 11.8. The van der Waals surface area contributed by atoms with E-state index in [1.807, 2.05) is 13.8 Å². The molecule has 0 unspecified atom stereocenters. The zero-order chi connectivity index (χ0) is 16.7. The summed E-state index contributed by atoms with van der Waals surface area (Å²) in [6.45, 7) is 5.44. The molecule has 1 aromatic rings. The van der Waals surface area contributed by atoms with Crippen LogP contribution in [0.2, 0.25) is 0 Å². The van der Waals surface area contributed by atoms with Crippen molar-refractivity contribution in [1.82, 2.24) is 5.32 Å². The number of nitrogens with zero attached hydrogens (tertiary/aromatic N) is 1. The SMILES string of the molecule is Cc1ccc(NC(=O)CSCC(=O)NC(C)C)c([N+](=O)[O-])c1. The fraction of sp³-hybridized carbons (Fsp3) is 0.429. The first-order chi connectivity index (χ1) is 10.3. The van der Waals surface area contributed by atoms with Gasteiger partial charge in [0.2, 0.25) is 11.8 Å². The molecule has 0 atom stereocenters. The second-order valence-corrected chi connectivity index (χ2v) is 6.03. The molecule has 0 saturated heterocycles. The van der Waals surface area contributed by atoms with Crippen LogP contribution in [0.1, 0.15) is 19.4 Å². The molecule has 2 N–H and O–H groups in total. The third kappa shape index (κ3) is 6.13. The van der Waals surface area contributed by atoms with Crippen LogP contribution in [0.15, 0.2) is 18.2 Å². The van der Waals surface area contributed by atoms with Gasteiger partial charge in [0.05, 0.1) is 16.4 Å². The molecule has 1 aromatic carbocycles. The third-order valence-corrected chi connectivity index (χ3v) is 3.47. The van der Waals surface area contributed by atoms with Crippen LogP contribution in [0.5, 0.6) is 0 Å². The van der Waals surface area contributed by atoms with Gasteiger partial charge < -0.3 is 10.6 Å². The molecule has 0 radical (unpaired) electrons. The molecule has 7 nitrogen and oxygen atoms in total. The Labute approximate surface area is 133 Å². The van der Waals surface area contributed by atoms with E-state index in [-0.39, 0.29) is 40.7 Å². The lowest BCUT2D eigenvalue weighted by Gasteiger charge is -2.08. The topological polar surface area (TPSA) is 101 Å². The van der Waals surface area contributed by atoms with Gasteiger partial charge in [0.15, 0.2) is 0 Å². The summed E-state index contributed by atoms with van der Waals surface area (Å²) in [5.41, 5.74) is 0.758. The zero-order valence-corrected chi connectivity index (χ0v) is 13.5. The Balaban J connectivity index is 2.52. The highest BCUT2D eigenvalue weighted by Gasteiger charge is 2.16. The number of carbonyl (C=O) groups is 2. The molecule has 22 heavy (non-hydrogen) atoms. The highest BCUT2D eigenvalue weighted by Crippen LogP contribution is 2.25. The van der Waals surface area contributed by atoms with Crippen LogP contribution in [0.25, 0.3) is 0 Å². The zero-order valence-electron chi connectivity index (χ0n) is 12.7. The van der Waals surface area contributed by atoms with E-state index in [4.69, 9.17) is 0 Å². The molecule has 120 valence electrons. The second-order valence-electron chi connectivity index (χ2n) is 5.04. The molecule has 0 bridgehead atoms. The highest BCUT2D eigenvalue weighted by molar-refractivity contribution is 8.00. The first-order valence-corrected chi connectivity index (χ1v) is 7.87. The third-order valence-electron chi connectivity index (χ3n) is 2.54. The summed E-state index contributed by atoms with van der Waals surface area (Å²) >= 11 is 1.15. The van der Waals surface area contributed by atoms with Crippen LogP contribution in [-0.4, -0.2) is 34.3 Å². The molecule has 8 heteroatoms. The van der Waals surface area contributed by atoms with Gasteiger partial charge in [-0.25, -0.2) is 0 Å². The lowest BCUT2D eigenvalue weighted by Crippen LogP contribution is -2.32. The van der Waals surface area contributed by atoms with Crippen LogP contribution in [0.4, 0.5) is 11.4 Å². The predicted octanol–water partition coefficient (Wildman–Crippen LogP) is 2.10. The van der Waals surface area contributed by atoms with Crippen molar-refractivity contribution in [3.8, 4) is 0 Å². The first kappa shape index (κ1) is 18.0. The lowest BCUT2D eigenvalue weighted by atomic mass is 10.2. The number of anilines is 1. The van der Waals surface area contributed by atoms with Crippen LogP contribution in [-0.2, 0) is 9.59 Å². The van der Waals surface area contributed by atoms with E-state index in [1.165, 1.54) is 12.1 Å². The summed E-state index contributed by atoms with van der Waals surface area (Å²) < 4.78 is 0. The quantitative estimate of drug-likeness (QED) is 0.590. The highest BCUT2D eigenvalue weighted by atomic mass is 32.2. The summed E-state index contributed by atoms with van der Waals surface area (Å²) in [5.74, 6) is -0.304. The molecule has 0 aromatic heterocycles. The van der Waals surface area contributed by atoms with E-state index in [1.54, 1.807) is 13.0 Å². The van der Waals surface area contributed by atoms with E-state index in [0.717, 1.165) is 17.3 Å². The van der Waals surface area contributed by atoms with Gasteiger partial charge in [-0.1, -0.05) is 6.07 Å². The van der Waals surface area contributed by atoms with E-state index in [0.29, 0.717) is 0 Å². The van der Waals surface area contributed by atoms with Gasteiger partial charge in [0.1, 0.15) is 5.69 Å². The number of rotatable bonds is 7. The summed E-state index contributed by atoms with van der Waals surface area (Å²) in [5, 5.41) is 16.2. The summed E-state index contributed by atoms with van der Waals surface area (Å²) in [4.78, 5) is 33.6. The molecule has 1 rings (SSSR count). The van der Waals surface area contributed by atoms with Crippen molar-refractivity contribution in [2.45, 2.75) is 26.8 Å². The molecular weight excluding hydrogens is 306 g/mol. The Hall–Kier alpha value is -2.09. The summed E-state index contributed by atoms with van der Waals surface area (Å²) in [6.07, 6.45) is 0. The van der Waals surface area contributed by atoms with Gasteiger partial charge in [-0.05, 0) is 32.4 Å². The second kappa shape index (κ2) is 8.38. The minimum Gasteiger partial charge on any atom is -0.353 e. The van der Waals surface area contributed by atoms with Gasteiger partial charge in [0.25, 0.3) is 5.69 Å². The van der Waals surface area contributed by atoms with E-state index >= 15 is 0 Å². The van der Waals surface area contributed by atoms with E-state index < -0.39 is 4.92 Å². The van der Waals surface area contributed by atoms with Crippen molar-refractivity contribution in [1.29, 1.82) is 0 Å². The molecule has 0 fully saturated rings. The van der Waals surface area contributed by atoms with Crippen LogP contribution < -0.4 is 10.6 Å². The Kier molecular flexibility index (Phi) is 6.84. The Bertz CT molecular complexity index is 575. The maximum atomic E-state index is 11.8. The van der Waals surface area contributed by atoms with Gasteiger partial charge >= 0.3 is 0 Å². The van der Waals surface area contributed by atoms with E-state index in [9.17, 15) is 19.7 Å². The monoisotopic (exact) mass is 325 g/mol. The normalized spacial score (nSPS) is 10.4. The van der Waals surface area contributed by atoms with Gasteiger partial charge in [0, 0.05) is 12.1 Å². The molecular formula is C14H19N3O4S. The number of nitrogens with one attached hydrogen (secondary N) is 2. The lowest BCUT2D eigenvalue weighted by molar-refractivity contribution is -0.384. The van der Waals surface area contributed by atoms with Crippen LogP contribution in [0.3, 0.4) is 0 Å². The van der Waals surface area contributed by atoms with E-state index in [2.05, 4.69) is 10.6 Å². The smallest absolute Gasteiger partial charge is 0.293 e. The molecule has 0 aliphatic heterocycles. The van der Waals surface area contributed by atoms with Gasteiger partial charge in [-0.2, -0.15) is 0 Å². The number of carbonyl (C=O) groups excluding carboxylic acids is 2.